The standard InChI is InChI=1S/C21H17NO4/c1-13-9-20(24)26-18-12-16(7-8-17(13)18)22-19(23)11-15(21(22)25)10-14-5-3-2-4-6-14/h2-9,12,15H,10-11H2,1H3/t15-/m1/s1. The second-order valence-corrected chi connectivity index (χ2v) is 6.59. The molecule has 0 unspecified atom stereocenters. The van der Waals surface area contributed by atoms with Crippen molar-refractivity contribution in [1.29, 1.82) is 0 Å². The Morgan fingerprint density at radius 2 is 1.81 bits per heavy atom. The molecule has 3 aromatic rings. The average molecular weight is 347 g/mol. The molecule has 130 valence electrons. The highest BCUT2D eigenvalue weighted by Crippen LogP contribution is 2.31. The predicted molar refractivity (Wildman–Crippen MR) is 98.0 cm³/mol. The number of hydrogen-bond acceptors (Lipinski definition) is 4. The Hall–Kier alpha value is -3.21. The van der Waals surface area contributed by atoms with Gasteiger partial charge in [-0.1, -0.05) is 30.3 Å². The van der Waals surface area contributed by atoms with Gasteiger partial charge in [0, 0.05) is 23.9 Å². The number of hydrogen-bond donors (Lipinski definition) is 0. The summed E-state index contributed by atoms with van der Waals surface area (Å²) in [7, 11) is 0. The zero-order valence-electron chi connectivity index (χ0n) is 14.3. The van der Waals surface area contributed by atoms with Gasteiger partial charge < -0.3 is 4.42 Å². The van der Waals surface area contributed by atoms with Crippen molar-refractivity contribution in [3.05, 3.63) is 76.1 Å². The zero-order chi connectivity index (χ0) is 18.3. The van der Waals surface area contributed by atoms with Crippen LogP contribution in [0.2, 0.25) is 0 Å². The highest BCUT2D eigenvalue weighted by molar-refractivity contribution is 6.21. The Balaban J connectivity index is 1.67. The fourth-order valence-corrected chi connectivity index (χ4v) is 3.48. The first kappa shape index (κ1) is 16.3. The van der Waals surface area contributed by atoms with Gasteiger partial charge in [-0.05, 0) is 36.6 Å². The van der Waals surface area contributed by atoms with E-state index >= 15 is 0 Å². The summed E-state index contributed by atoms with van der Waals surface area (Å²) in [6.07, 6.45) is 0.715. The quantitative estimate of drug-likeness (QED) is 0.539. The molecule has 2 heterocycles. The maximum Gasteiger partial charge on any atom is 0.336 e. The van der Waals surface area contributed by atoms with Crippen LogP contribution in [0.4, 0.5) is 5.69 Å². The monoisotopic (exact) mass is 347 g/mol. The van der Waals surface area contributed by atoms with Crippen molar-refractivity contribution in [1.82, 2.24) is 0 Å². The van der Waals surface area contributed by atoms with E-state index in [-0.39, 0.29) is 24.2 Å². The maximum absolute atomic E-state index is 12.8. The summed E-state index contributed by atoms with van der Waals surface area (Å²) in [4.78, 5) is 38.1. The van der Waals surface area contributed by atoms with Crippen LogP contribution in [0.15, 0.2) is 63.8 Å². The Morgan fingerprint density at radius 3 is 2.58 bits per heavy atom. The molecule has 2 amide bonds. The van der Waals surface area contributed by atoms with Gasteiger partial charge in [0.2, 0.25) is 11.8 Å². The Labute approximate surface area is 149 Å². The molecule has 0 saturated carbocycles. The molecular weight excluding hydrogens is 330 g/mol. The van der Waals surface area contributed by atoms with Crippen LogP contribution >= 0.6 is 0 Å². The number of rotatable bonds is 3. The summed E-state index contributed by atoms with van der Waals surface area (Å²) in [5.74, 6) is -0.816. The van der Waals surface area contributed by atoms with Crippen LogP contribution in [0.3, 0.4) is 0 Å². The SMILES string of the molecule is Cc1cc(=O)oc2cc(N3C(=O)C[C@@H](Cc4ccccc4)C3=O)ccc12. The first-order valence-electron chi connectivity index (χ1n) is 8.48. The fourth-order valence-electron chi connectivity index (χ4n) is 3.48. The van der Waals surface area contributed by atoms with E-state index in [2.05, 4.69) is 0 Å². The average Bonchev–Trinajstić information content (AvgIpc) is 2.88. The van der Waals surface area contributed by atoms with Crippen LogP contribution in [-0.2, 0) is 16.0 Å². The van der Waals surface area contributed by atoms with Crippen LogP contribution in [0.5, 0.6) is 0 Å². The number of benzene rings is 2. The third-order valence-electron chi connectivity index (χ3n) is 4.76. The van der Waals surface area contributed by atoms with E-state index in [9.17, 15) is 14.4 Å². The van der Waals surface area contributed by atoms with Crippen LogP contribution in [0.25, 0.3) is 11.0 Å². The molecule has 5 heteroatoms. The third-order valence-corrected chi connectivity index (χ3v) is 4.76. The van der Waals surface area contributed by atoms with Gasteiger partial charge >= 0.3 is 5.63 Å². The minimum absolute atomic E-state index is 0.184. The van der Waals surface area contributed by atoms with Crippen molar-refractivity contribution >= 4 is 28.5 Å². The van der Waals surface area contributed by atoms with Gasteiger partial charge in [-0.2, -0.15) is 0 Å². The molecule has 0 N–H and O–H groups in total. The van der Waals surface area contributed by atoms with E-state index in [0.29, 0.717) is 17.7 Å². The Bertz CT molecular complexity index is 1070. The first-order chi connectivity index (χ1) is 12.5. The summed E-state index contributed by atoms with van der Waals surface area (Å²) < 4.78 is 5.23. The van der Waals surface area contributed by atoms with E-state index in [0.717, 1.165) is 16.5 Å². The second-order valence-electron chi connectivity index (χ2n) is 6.59. The predicted octanol–water partition coefficient (Wildman–Crippen LogP) is 3.22. The number of fused-ring (bicyclic) bond motifs is 1. The molecule has 0 spiro atoms. The molecule has 1 aliphatic heterocycles. The van der Waals surface area contributed by atoms with E-state index < -0.39 is 5.63 Å². The number of aryl methyl sites for hydroxylation is 1. The molecule has 5 nitrogen and oxygen atoms in total. The summed E-state index contributed by atoms with van der Waals surface area (Å²) in [6, 6.07) is 16.2. The molecule has 4 rings (SSSR count). The lowest BCUT2D eigenvalue weighted by Gasteiger charge is -2.15. The number of anilines is 1. The summed E-state index contributed by atoms with van der Waals surface area (Å²) in [6.45, 7) is 1.82. The Morgan fingerprint density at radius 1 is 1.04 bits per heavy atom. The topological polar surface area (TPSA) is 67.6 Å². The number of carbonyl (C=O) groups is 2. The zero-order valence-corrected chi connectivity index (χ0v) is 14.3. The van der Waals surface area contributed by atoms with Gasteiger partial charge in [0.05, 0.1) is 11.6 Å². The van der Waals surface area contributed by atoms with Gasteiger partial charge in [-0.3, -0.25) is 14.5 Å². The molecule has 0 bridgehead atoms. The number of amides is 2. The van der Waals surface area contributed by atoms with Crippen molar-refractivity contribution in [3.63, 3.8) is 0 Å². The summed E-state index contributed by atoms with van der Waals surface area (Å²) in [5, 5.41) is 0.785. The molecule has 0 aliphatic carbocycles. The fraction of sp³-hybridized carbons (Fsp3) is 0.190. The van der Waals surface area contributed by atoms with Crippen molar-refractivity contribution in [3.8, 4) is 0 Å². The van der Waals surface area contributed by atoms with E-state index in [4.69, 9.17) is 4.42 Å². The normalized spacial score (nSPS) is 17.3. The molecule has 2 aromatic carbocycles. The lowest BCUT2D eigenvalue weighted by Crippen LogP contribution is -2.30. The molecular formula is C21H17NO4. The van der Waals surface area contributed by atoms with Crippen LogP contribution < -0.4 is 10.5 Å². The minimum Gasteiger partial charge on any atom is -0.423 e. The van der Waals surface area contributed by atoms with E-state index in [1.165, 1.54) is 11.0 Å². The second kappa shape index (κ2) is 6.26. The van der Waals surface area contributed by atoms with Gasteiger partial charge in [0.1, 0.15) is 5.58 Å². The number of carbonyl (C=O) groups excluding carboxylic acids is 2. The smallest absolute Gasteiger partial charge is 0.336 e. The lowest BCUT2D eigenvalue weighted by atomic mass is 9.98. The van der Waals surface area contributed by atoms with Gasteiger partial charge in [-0.25, -0.2) is 4.79 Å². The van der Waals surface area contributed by atoms with Crippen molar-refractivity contribution in [2.24, 2.45) is 5.92 Å². The van der Waals surface area contributed by atoms with Crippen LogP contribution in [-0.4, -0.2) is 11.8 Å². The van der Waals surface area contributed by atoms with Crippen LogP contribution in [0.1, 0.15) is 17.5 Å². The third kappa shape index (κ3) is 2.81. The summed E-state index contributed by atoms with van der Waals surface area (Å²) >= 11 is 0. The highest BCUT2D eigenvalue weighted by atomic mass is 16.4. The Kier molecular flexibility index (Phi) is 3.92. The van der Waals surface area contributed by atoms with Crippen molar-refractivity contribution in [2.75, 3.05) is 4.90 Å². The minimum atomic E-state index is -0.451. The summed E-state index contributed by atoms with van der Waals surface area (Å²) in [5.41, 5.74) is 2.19. The molecule has 26 heavy (non-hydrogen) atoms. The van der Waals surface area contributed by atoms with Gasteiger partial charge in [0.15, 0.2) is 0 Å². The largest absolute Gasteiger partial charge is 0.423 e. The van der Waals surface area contributed by atoms with E-state index in [1.807, 2.05) is 37.3 Å². The molecule has 1 fully saturated rings. The van der Waals surface area contributed by atoms with Gasteiger partial charge in [0.25, 0.3) is 0 Å². The van der Waals surface area contributed by atoms with Crippen LogP contribution in [0, 0.1) is 12.8 Å². The molecule has 0 radical (unpaired) electrons. The molecule has 1 aliphatic rings. The maximum atomic E-state index is 12.8. The molecule has 1 atom stereocenters. The number of imide groups is 1. The molecule has 1 saturated heterocycles. The van der Waals surface area contributed by atoms with E-state index in [1.54, 1.807) is 18.2 Å². The van der Waals surface area contributed by atoms with Gasteiger partial charge in [-0.15, -0.1) is 0 Å². The number of nitrogens with zero attached hydrogens (tertiary/aromatic N) is 1. The lowest BCUT2D eigenvalue weighted by molar-refractivity contribution is -0.122. The van der Waals surface area contributed by atoms with Crippen molar-refractivity contribution < 1.29 is 14.0 Å². The highest BCUT2D eigenvalue weighted by Gasteiger charge is 2.39. The first-order valence-corrected chi connectivity index (χ1v) is 8.48. The molecule has 1 aromatic heterocycles. The van der Waals surface area contributed by atoms with Crippen molar-refractivity contribution in [2.45, 2.75) is 19.8 Å².